The lowest BCUT2D eigenvalue weighted by atomic mass is 10.0. The van der Waals surface area contributed by atoms with Crippen molar-refractivity contribution in [3.8, 4) is 0 Å². The number of Topliss-reactive ketones (excluding diaryl/α,β-unsaturated/α-hetero) is 1. The second kappa shape index (κ2) is 4.30. The number of benzene rings is 1. The van der Waals surface area contributed by atoms with Crippen LogP contribution in [-0.2, 0) is 4.79 Å². The number of hydrogen-bond acceptors (Lipinski definition) is 3. The first kappa shape index (κ1) is 12.1. The molecule has 1 aromatic carbocycles. The van der Waals surface area contributed by atoms with Gasteiger partial charge in [0.2, 0.25) is 0 Å². The fraction of sp³-hybridized carbons (Fsp3) is 0.400. The van der Waals surface area contributed by atoms with Crippen molar-refractivity contribution in [3.05, 3.63) is 35.4 Å². The Kier molecular flexibility index (Phi) is 2.73. The number of imide groups is 1. The van der Waals surface area contributed by atoms with Crippen LogP contribution < -0.4 is 0 Å². The molecule has 0 aromatic heterocycles. The predicted octanol–water partition coefficient (Wildman–Crippen LogP) is 2.04. The molecule has 0 bridgehead atoms. The maximum atomic E-state index is 12.3. The van der Waals surface area contributed by atoms with Gasteiger partial charge in [-0.1, -0.05) is 12.1 Å². The van der Waals surface area contributed by atoms with E-state index in [1.807, 2.05) is 0 Å². The largest absolute Gasteiger partial charge is 0.300 e. The van der Waals surface area contributed by atoms with Crippen molar-refractivity contribution in [2.24, 2.45) is 5.92 Å². The molecule has 1 aliphatic heterocycles. The Morgan fingerprint density at radius 3 is 2.16 bits per heavy atom. The molecule has 1 saturated carbocycles. The number of fused-ring (bicyclic) bond motifs is 1. The van der Waals surface area contributed by atoms with E-state index in [2.05, 4.69) is 0 Å². The van der Waals surface area contributed by atoms with Crippen LogP contribution in [-0.4, -0.2) is 28.5 Å². The molecule has 0 spiro atoms. The van der Waals surface area contributed by atoms with Crippen molar-refractivity contribution in [2.45, 2.75) is 32.2 Å². The molecule has 1 fully saturated rings. The van der Waals surface area contributed by atoms with Gasteiger partial charge < -0.3 is 0 Å². The average Bonchev–Trinajstić information content (AvgIpc) is 2.96. The number of carbonyl (C=O) groups excluding carboxylic acids is 3. The molecular formula is C15H15NO3. The number of ketones is 1. The van der Waals surface area contributed by atoms with E-state index in [0.29, 0.717) is 17.5 Å². The average molecular weight is 257 g/mol. The normalized spacial score (nSPS) is 25.8. The van der Waals surface area contributed by atoms with Gasteiger partial charge in [-0.15, -0.1) is 0 Å². The van der Waals surface area contributed by atoms with Gasteiger partial charge >= 0.3 is 0 Å². The molecule has 0 radical (unpaired) electrons. The minimum absolute atomic E-state index is 0.00527. The van der Waals surface area contributed by atoms with Gasteiger partial charge in [-0.3, -0.25) is 19.3 Å². The van der Waals surface area contributed by atoms with Crippen molar-refractivity contribution in [1.29, 1.82) is 0 Å². The van der Waals surface area contributed by atoms with Gasteiger partial charge in [0.1, 0.15) is 5.78 Å². The predicted molar refractivity (Wildman–Crippen MR) is 68.8 cm³/mol. The van der Waals surface area contributed by atoms with Crippen LogP contribution >= 0.6 is 0 Å². The SMILES string of the molecule is CC(=O)C1CCC(N2C(=O)c3ccccc3C2=O)C1. The number of carbonyl (C=O) groups is 3. The van der Waals surface area contributed by atoms with Crippen LogP contribution in [0, 0.1) is 5.92 Å². The second-order valence-corrected chi connectivity index (χ2v) is 5.30. The third-order valence-electron chi connectivity index (χ3n) is 4.17. The molecule has 1 heterocycles. The molecule has 1 aromatic rings. The Balaban J connectivity index is 1.87. The van der Waals surface area contributed by atoms with Crippen LogP contribution in [0.25, 0.3) is 0 Å². The van der Waals surface area contributed by atoms with Gasteiger partial charge in [0.25, 0.3) is 11.8 Å². The van der Waals surface area contributed by atoms with Gasteiger partial charge in [0.15, 0.2) is 0 Å². The first-order valence-electron chi connectivity index (χ1n) is 6.57. The second-order valence-electron chi connectivity index (χ2n) is 5.30. The van der Waals surface area contributed by atoms with E-state index in [1.165, 1.54) is 4.90 Å². The summed E-state index contributed by atoms with van der Waals surface area (Å²) < 4.78 is 0. The van der Waals surface area contributed by atoms with Crippen LogP contribution in [0.1, 0.15) is 46.9 Å². The molecule has 2 amide bonds. The highest BCUT2D eigenvalue weighted by atomic mass is 16.2. The summed E-state index contributed by atoms with van der Waals surface area (Å²) in [6.07, 6.45) is 2.12. The monoisotopic (exact) mass is 257 g/mol. The summed E-state index contributed by atoms with van der Waals surface area (Å²) in [5, 5.41) is 0. The Labute approximate surface area is 111 Å². The number of hydrogen-bond donors (Lipinski definition) is 0. The zero-order chi connectivity index (χ0) is 13.6. The van der Waals surface area contributed by atoms with E-state index >= 15 is 0 Å². The van der Waals surface area contributed by atoms with Crippen molar-refractivity contribution < 1.29 is 14.4 Å². The van der Waals surface area contributed by atoms with Gasteiger partial charge in [-0.2, -0.15) is 0 Å². The summed E-state index contributed by atoms with van der Waals surface area (Å²) in [4.78, 5) is 37.3. The minimum atomic E-state index is -0.213. The van der Waals surface area contributed by atoms with Crippen LogP contribution in [0.5, 0.6) is 0 Å². The molecular weight excluding hydrogens is 242 g/mol. The van der Waals surface area contributed by atoms with E-state index in [-0.39, 0.29) is 29.6 Å². The molecule has 1 aliphatic carbocycles. The van der Waals surface area contributed by atoms with Gasteiger partial charge in [-0.05, 0) is 38.3 Å². The molecule has 2 aliphatic rings. The third-order valence-corrected chi connectivity index (χ3v) is 4.17. The quantitative estimate of drug-likeness (QED) is 0.762. The standard InChI is InChI=1S/C15H15NO3/c1-9(17)10-6-7-11(8-10)16-14(18)12-4-2-3-5-13(12)15(16)19/h2-5,10-11H,6-8H2,1H3. The highest BCUT2D eigenvalue weighted by molar-refractivity contribution is 6.21. The topological polar surface area (TPSA) is 54.5 Å². The molecule has 4 heteroatoms. The highest BCUT2D eigenvalue weighted by Gasteiger charge is 2.42. The van der Waals surface area contributed by atoms with Crippen molar-refractivity contribution in [2.75, 3.05) is 0 Å². The Hall–Kier alpha value is -1.97. The maximum Gasteiger partial charge on any atom is 0.261 e. The summed E-state index contributed by atoms with van der Waals surface area (Å²) in [5.41, 5.74) is 0.970. The molecule has 2 unspecified atom stereocenters. The van der Waals surface area contributed by atoms with Crippen molar-refractivity contribution >= 4 is 17.6 Å². The smallest absolute Gasteiger partial charge is 0.261 e. The van der Waals surface area contributed by atoms with E-state index in [4.69, 9.17) is 0 Å². The summed E-state index contributed by atoms with van der Waals surface area (Å²) in [5.74, 6) is -0.280. The van der Waals surface area contributed by atoms with Gasteiger partial charge in [-0.25, -0.2) is 0 Å². The molecule has 0 N–H and O–H groups in total. The molecule has 2 atom stereocenters. The highest BCUT2D eigenvalue weighted by Crippen LogP contribution is 2.34. The first-order valence-corrected chi connectivity index (χ1v) is 6.57. The van der Waals surface area contributed by atoms with Crippen LogP contribution in [0.4, 0.5) is 0 Å². The third kappa shape index (κ3) is 1.79. The number of rotatable bonds is 2. The first-order chi connectivity index (χ1) is 9.09. The number of nitrogens with zero attached hydrogens (tertiary/aromatic N) is 1. The molecule has 19 heavy (non-hydrogen) atoms. The van der Waals surface area contributed by atoms with E-state index in [9.17, 15) is 14.4 Å². The zero-order valence-electron chi connectivity index (χ0n) is 10.8. The van der Waals surface area contributed by atoms with E-state index < -0.39 is 0 Å². The Morgan fingerprint density at radius 1 is 1.11 bits per heavy atom. The zero-order valence-corrected chi connectivity index (χ0v) is 10.8. The van der Waals surface area contributed by atoms with Crippen LogP contribution in [0.2, 0.25) is 0 Å². The van der Waals surface area contributed by atoms with Crippen LogP contribution in [0.15, 0.2) is 24.3 Å². The molecule has 3 rings (SSSR count). The number of amides is 2. The van der Waals surface area contributed by atoms with Crippen LogP contribution in [0.3, 0.4) is 0 Å². The summed E-state index contributed by atoms with van der Waals surface area (Å²) >= 11 is 0. The van der Waals surface area contributed by atoms with E-state index in [1.54, 1.807) is 31.2 Å². The Bertz CT molecular complexity index is 544. The maximum absolute atomic E-state index is 12.3. The fourth-order valence-electron chi connectivity index (χ4n) is 3.10. The minimum Gasteiger partial charge on any atom is -0.300 e. The van der Waals surface area contributed by atoms with Gasteiger partial charge in [0.05, 0.1) is 11.1 Å². The molecule has 98 valence electrons. The lowest BCUT2D eigenvalue weighted by Crippen LogP contribution is -2.38. The fourth-order valence-corrected chi connectivity index (χ4v) is 3.10. The summed E-state index contributed by atoms with van der Waals surface area (Å²) in [7, 11) is 0. The lowest BCUT2D eigenvalue weighted by molar-refractivity contribution is -0.120. The Morgan fingerprint density at radius 2 is 1.68 bits per heavy atom. The van der Waals surface area contributed by atoms with Crippen molar-refractivity contribution in [3.63, 3.8) is 0 Å². The molecule has 0 saturated heterocycles. The summed E-state index contributed by atoms with van der Waals surface area (Å²) in [6, 6.07) is 6.78. The van der Waals surface area contributed by atoms with Gasteiger partial charge in [0, 0.05) is 12.0 Å². The lowest BCUT2D eigenvalue weighted by Gasteiger charge is -2.21. The van der Waals surface area contributed by atoms with Crippen molar-refractivity contribution in [1.82, 2.24) is 4.90 Å². The molecule has 4 nitrogen and oxygen atoms in total. The summed E-state index contributed by atoms with van der Waals surface area (Å²) in [6.45, 7) is 1.58. The van der Waals surface area contributed by atoms with E-state index in [0.717, 1.165) is 12.8 Å².